The van der Waals surface area contributed by atoms with E-state index in [-0.39, 0.29) is 5.56 Å². The van der Waals surface area contributed by atoms with Gasteiger partial charge in [0.2, 0.25) is 0 Å². The molecule has 4 nitrogen and oxygen atoms in total. The summed E-state index contributed by atoms with van der Waals surface area (Å²) in [7, 11) is 0. The van der Waals surface area contributed by atoms with Gasteiger partial charge in [-0.05, 0) is 18.2 Å². The average Bonchev–Trinajstić information content (AvgIpc) is 2.31. The van der Waals surface area contributed by atoms with Gasteiger partial charge in [-0.1, -0.05) is 18.2 Å². The first-order valence-electron chi connectivity index (χ1n) is 4.74. The molecule has 80 valence electrons. The van der Waals surface area contributed by atoms with E-state index in [0.717, 1.165) is 0 Å². The fourth-order valence-electron chi connectivity index (χ4n) is 1.27. The number of rotatable bonds is 3. The van der Waals surface area contributed by atoms with Crippen LogP contribution in [-0.4, -0.2) is 10.9 Å². The van der Waals surface area contributed by atoms with Crippen molar-refractivity contribution in [2.75, 3.05) is 0 Å². The van der Waals surface area contributed by atoms with E-state index in [1.807, 2.05) is 18.2 Å². The maximum Gasteiger partial charge on any atom is 0.254 e. The van der Waals surface area contributed by atoms with Gasteiger partial charge in [0.1, 0.15) is 17.1 Å². The Balaban J connectivity index is 2.31. The Morgan fingerprint density at radius 2 is 1.94 bits per heavy atom. The van der Waals surface area contributed by atoms with Crippen molar-refractivity contribution in [1.82, 2.24) is 4.98 Å². The Labute approximate surface area is 92.7 Å². The third-order valence-corrected chi connectivity index (χ3v) is 2.02. The van der Waals surface area contributed by atoms with Crippen LogP contribution in [0.5, 0.6) is 11.5 Å². The minimum atomic E-state index is -0.556. The Morgan fingerprint density at radius 1 is 1.19 bits per heavy atom. The monoisotopic (exact) mass is 214 g/mol. The Hall–Kier alpha value is -2.36. The molecule has 0 spiro atoms. The van der Waals surface area contributed by atoms with Crippen LogP contribution in [0.1, 0.15) is 10.4 Å². The van der Waals surface area contributed by atoms with Crippen LogP contribution in [0.4, 0.5) is 0 Å². The van der Waals surface area contributed by atoms with E-state index < -0.39 is 5.91 Å². The highest BCUT2D eigenvalue weighted by molar-refractivity contribution is 5.95. The summed E-state index contributed by atoms with van der Waals surface area (Å²) >= 11 is 0. The zero-order valence-corrected chi connectivity index (χ0v) is 8.46. The van der Waals surface area contributed by atoms with Gasteiger partial charge in [-0.3, -0.25) is 9.78 Å². The Bertz CT molecular complexity index is 497. The molecule has 0 aliphatic carbocycles. The average molecular weight is 214 g/mol. The van der Waals surface area contributed by atoms with Crippen LogP contribution in [-0.2, 0) is 0 Å². The molecular formula is C12H10N2O2. The molecule has 1 aromatic heterocycles. The Kier molecular flexibility index (Phi) is 2.82. The molecule has 1 amide bonds. The fraction of sp³-hybridized carbons (Fsp3) is 0. The molecule has 0 saturated heterocycles. The first kappa shape index (κ1) is 10.2. The number of benzene rings is 1. The summed E-state index contributed by atoms with van der Waals surface area (Å²) in [5.41, 5.74) is 5.48. The molecule has 0 unspecified atom stereocenters. The zero-order chi connectivity index (χ0) is 11.4. The van der Waals surface area contributed by atoms with Crippen molar-refractivity contribution < 1.29 is 9.53 Å². The number of amides is 1. The molecule has 0 radical (unpaired) electrons. The summed E-state index contributed by atoms with van der Waals surface area (Å²) in [5, 5.41) is 0. The topological polar surface area (TPSA) is 65.2 Å². The maximum atomic E-state index is 11.1. The van der Waals surface area contributed by atoms with E-state index in [4.69, 9.17) is 10.5 Å². The number of hydrogen-bond donors (Lipinski definition) is 1. The van der Waals surface area contributed by atoms with E-state index in [2.05, 4.69) is 4.98 Å². The largest absolute Gasteiger partial charge is 0.456 e. The molecule has 1 aromatic carbocycles. The van der Waals surface area contributed by atoms with Gasteiger partial charge in [-0.2, -0.15) is 0 Å². The molecule has 0 aliphatic heterocycles. The molecule has 16 heavy (non-hydrogen) atoms. The van der Waals surface area contributed by atoms with E-state index in [1.165, 1.54) is 6.20 Å². The quantitative estimate of drug-likeness (QED) is 0.849. The molecule has 0 bridgehead atoms. The third-order valence-electron chi connectivity index (χ3n) is 2.02. The van der Waals surface area contributed by atoms with Gasteiger partial charge >= 0.3 is 0 Å². The van der Waals surface area contributed by atoms with Crippen LogP contribution in [0.15, 0.2) is 48.8 Å². The summed E-state index contributed by atoms with van der Waals surface area (Å²) in [6, 6.07) is 10.8. The summed E-state index contributed by atoms with van der Waals surface area (Å²) in [6.07, 6.45) is 2.94. The molecular weight excluding hydrogens is 204 g/mol. The van der Waals surface area contributed by atoms with Crippen molar-refractivity contribution in [2.45, 2.75) is 0 Å². The van der Waals surface area contributed by atoms with Gasteiger partial charge in [0, 0.05) is 12.4 Å². The minimum absolute atomic E-state index is 0.270. The number of hydrogen-bond acceptors (Lipinski definition) is 3. The van der Waals surface area contributed by atoms with E-state index in [1.54, 1.807) is 24.4 Å². The smallest absolute Gasteiger partial charge is 0.254 e. The molecule has 0 atom stereocenters. The SMILES string of the molecule is NC(=O)c1cnccc1Oc1ccccc1. The predicted octanol–water partition coefficient (Wildman–Crippen LogP) is 1.97. The first-order valence-corrected chi connectivity index (χ1v) is 4.74. The first-order chi connectivity index (χ1) is 7.77. The fourth-order valence-corrected chi connectivity index (χ4v) is 1.27. The van der Waals surface area contributed by atoms with E-state index in [9.17, 15) is 4.79 Å². The number of pyridine rings is 1. The number of carbonyl (C=O) groups is 1. The van der Waals surface area contributed by atoms with Crippen LogP contribution in [0.3, 0.4) is 0 Å². The molecule has 0 fully saturated rings. The number of carbonyl (C=O) groups excluding carboxylic acids is 1. The maximum absolute atomic E-state index is 11.1. The standard InChI is InChI=1S/C12H10N2O2/c13-12(15)10-8-14-7-6-11(10)16-9-4-2-1-3-5-9/h1-8H,(H2,13,15). The summed E-state index contributed by atoms with van der Waals surface area (Å²) in [5.74, 6) is 0.504. The summed E-state index contributed by atoms with van der Waals surface area (Å²) in [4.78, 5) is 14.9. The number of nitrogens with zero attached hydrogens (tertiary/aromatic N) is 1. The summed E-state index contributed by atoms with van der Waals surface area (Å²) < 4.78 is 5.53. The van der Waals surface area contributed by atoms with Crippen LogP contribution >= 0.6 is 0 Å². The zero-order valence-electron chi connectivity index (χ0n) is 8.46. The Morgan fingerprint density at radius 3 is 2.62 bits per heavy atom. The lowest BCUT2D eigenvalue weighted by Crippen LogP contribution is -2.12. The van der Waals surface area contributed by atoms with Gasteiger partial charge in [0.25, 0.3) is 5.91 Å². The molecule has 2 aromatic rings. The van der Waals surface area contributed by atoms with E-state index in [0.29, 0.717) is 11.5 Å². The van der Waals surface area contributed by atoms with Crippen molar-refractivity contribution >= 4 is 5.91 Å². The van der Waals surface area contributed by atoms with Gasteiger partial charge in [-0.15, -0.1) is 0 Å². The highest BCUT2D eigenvalue weighted by Crippen LogP contribution is 2.23. The van der Waals surface area contributed by atoms with Crippen LogP contribution in [0, 0.1) is 0 Å². The number of nitrogens with two attached hydrogens (primary N) is 1. The normalized spacial score (nSPS) is 9.75. The van der Waals surface area contributed by atoms with Crippen LogP contribution in [0.25, 0.3) is 0 Å². The summed E-state index contributed by atoms with van der Waals surface area (Å²) in [6.45, 7) is 0. The number of ether oxygens (including phenoxy) is 1. The molecule has 0 aliphatic rings. The number of primary amides is 1. The lowest BCUT2D eigenvalue weighted by Gasteiger charge is -2.07. The minimum Gasteiger partial charge on any atom is -0.456 e. The second kappa shape index (κ2) is 4.44. The molecule has 2 N–H and O–H groups in total. The van der Waals surface area contributed by atoms with Crippen LogP contribution < -0.4 is 10.5 Å². The lowest BCUT2D eigenvalue weighted by atomic mass is 10.2. The van der Waals surface area contributed by atoms with Gasteiger partial charge in [0.05, 0.1) is 0 Å². The lowest BCUT2D eigenvalue weighted by molar-refractivity contribution is 0.0997. The number of aromatic nitrogens is 1. The van der Waals surface area contributed by atoms with Crippen molar-refractivity contribution in [3.8, 4) is 11.5 Å². The second-order valence-corrected chi connectivity index (χ2v) is 3.15. The molecule has 2 rings (SSSR count). The molecule has 1 heterocycles. The predicted molar refractivity (Wildman–Crippen MR) is 59.3 cm³/mol. The molecule has 4 heteroatoms. The highest BCUT2D eigenvalue weighted by atomic mass is 16.5. The van der Waals surface area contributed by atoms with Crippen molar-refractivity contribution in [2.24, 2.45) is 5.73 Å². The highest BCUT2D eigenvalue weighted by Gasteiger charge is 2.09. The van der Waals surface area contributed by atoms with Crippen molar-refractivity contribution in [1.29, 1.82) is 0 Å². The van der Waals surface area contributed by atoms with Crippen molar-refractivity contribution in [3.63, 3.8) is 0 Å². The van der Waals surface area contributed by atoms with Gasteiger partial charge in [0.15, 0.2) is 0 Å². The molecule has 0 saturated carbocycles. The third kappa shape index (κ3) is 2.17. The van der Waals surface area contributed by atoms with Gasteiger partial charge in [-0.25, -0.2) is 0 Å². The van der Waals surface area contributed by atoms with Gasteiger partial charge < -0.3 is 10.5 Å². The van der Waals surface area contributed by atoms with Crippen LogP contribution in [0.2, 0.25) is 0 Å². The van der Waals surface area contributed by atoms with Crippen molar-refractivity contribution in [3.05, 3.63) is 54.4 Å². The van der Waals surface area contributed by atoms with E-state index >= 15 is 0 Å². The second-order valence-electron chi connectivity index (χ2n) is 3.15. The number of para-hydroxylation sites is 1.